The molecule has 0 aliphatic carbocycles. The molecule has 0 aliphatic heterocycles. The molecule has 0 radical (unpaired) electrons. The summed E-state index contributed by atoms with van der Waals surface area (Å²) in [6, 6.07) is 5.89. The predicted octanol–water partition coefficient (Wildman–Crippen LogP) is 6.19. The van der Waals surface area contributed by atoms with Gasteiger partial charge in [0.2, 0.25) is 0 Å². The summed E-state index contributed by atoms with van der Waals surface area (Å²) in [5, 5.41) is 0. The van der Waals surface area contributed by atoms with Gasteiger partial charge in [-0.2, -0.15) is 0 Å². The molecule has 4 aromatic heterocycles. The number of carbonyl (C=O) groups excluding carboxylic acids is 2. The van der Waals surface area contributed by atoms with Gasteiger partial charge in [0.1, 0.15) is 11.4 Å². The van der Waals surface area contributed by atoms with E-state index in [1.807, 2.05) is 32.0 Å². The van der Waals surface area contributed by atoms with Crippen molar-refractivity contribution in [3.05, 3.63) is 43.8 Å². The molecule has 154 valence electrons. The van der Waals surface area contributed by atoms with Crippen LogP contribution in [0.4, 0.5) is 0 Å². The number of esters is 2. The predicted molar refractivity (Wildman–Crippen MR) is 121 cm³/mol. The van der Waals surface area contributed by atoms with Gasteiger partial charge < -0.3 is 19.4 Å². The van der Waals surface area contributed by atoms with Crippen molar-refractivity contribution in [2.45, 2.75) is 27.7 Å². The average Bonchev–Trinajstić information content (AvgIpc) is 3.37. The highest BCUT2D eigenvalue weighted by Crippen LogP contribution is 2.34. The molecule has 0 bridgehead atoms. The number of ether oxygens (including phenoxy) is 2. The maximum atomic E-state index is 11.5. The summed E-state index contributed by atoms with van der Waals surface area (Å²) < 4.78 is 12.8. The number of aromatic amines is 2. The van der Waals surface area contributed by atoms with E-state index in [0.717, 1.165) is 24.9 Å². The SMILES string of the molecule is CCOC(=O)c1[nH]c2cc(C)sc2c1Br.CCOC(=O)c1cc2sc(C)cc2[nH]1. The molecule has 0 fully saturated rings. The lowest BCUT2D eigenvalue weighted by Crippen LogP contribution is -2.05. The van der Waals surface area contributed by atoms with Crippen LogP contribution in [0.3, 0.4) is 0 Å². The largest absolute Gasteiger partial charge is 0.461 e. The highest BCUT2D eigenvalue weighted by atomic mass is 79.9. The van der Waals surface area contributed by atoms with Crippen LogP contribution in [0, 0.1) is 13.8 Å². The standard InChI is InChI=1S/C10H10BrNO2S.C10H11NO2S/c1-3-14-10(13)8-7(11)9-6(12-8)4-5(2)15-9;1-3-13-10(12)8-5-9-7(11-8)4-6(2)14-9/h4,12H,3H2,1-2H3;4-5,11H,3H2,1-2H3. The number of thiophene rings is 2. The third kappa shape index (κ3) is 4.73. The van der Waals surface area contributed by atoms with Crippen LogP contribution in [0.2, 0.25) is 0 Å². The first-order chi connectivity index (χ1) is 13.8. The average molecular weight is 497 g/mol. The van der Waals surface area contributed by atoms with Crippen LogP contribution >= 0.6 is 38.6 Å². The van der Waals surface area contributed by atoms with Crippen molar-refractivity contribution < 1.29 is 19.1 Å². The molecular formula is C20H21BrN2O4S2. The Hall–Kier alpha value is -2.10. The number of carbonyl (C=O) groups is 2. The molecule has 2 N–H and O–H groups in total. The quantitative estimate of drug-likeness (QED) is 0.329. The molecule has 0 saturated carbocycles. The zero-order valence-electron chi connectivity index (χ0n) is 16.5. The summed E-state index contributed by atoms with van der Waals surface area (Å²) in [6.07, 6.45) is 0. The summed E-state index contributed by atoms with van der Waals surface area (Å²) >= 11 is 6.73. The van der Waals surface area contributed by atoms with Gasteiger partial charge in [-0.1, -0.05) is 0 Å². The summed E-state index contributed by atoms with van der Waals surface area (Å²) in [7, 11) is 0. The van der Waals surface area contributed by atoms with Crippen molar-refractivity contribution in [2.24, 2.45) is 0 Å². The van der Waals surface area contributed by atoms with E-state index in [4.69, 9.17) is 9.47 Å². The van der Waals surface area contributed by atoms with E-state index in [1.165, 1.54) is 9.75 Å². The highest BCUT2D eigenvalue weighted by Gasteiger charge is 2.18. The lowest BCUT2D eigenvalue weighted by molar-refractivity contribution is 0.0510. The van der Waals surface area contributed by atoms with Gasteiger partial charge in [0.05, 0.1) is 38.1 Å². The zero-order valence-corrected chi connectivity index (χ0v) is 19.7. The molecule has 4 aromatic rings. The summed E-state index contributed by atoms with van der Waals surface area (Å²) in [5.74, 6) is -0.598. The fourth-order valence-corrected chi connectivity index (χ4v) is 5.33. The Bertz CT molecular complexity index is 1140. The van der Waals surface area contributed by atoms with Crippen LogP contribution in [-0.2, 0) is 9.47 Å². The number of aromatic nitrogens is 2. The van der Waals surface area contributed by atoms with Crippen LogP contribution in [-0.4, -0.2) is 35.1 Å². The van der Waals surface area contributed by atoms with Gasteiger partial charge in [-0.25, -0.2) is 9.59 Å². The van der Waals surface area contributed by atoms with Gasteiger partial charge in [-0.3, -0.25) is 0 Å². The monoisotopic (exact) mass is 496 g/mol. The Morgan fingerprint density at radius 2 is 1.55 bits per heavy atom. The number of aryl methyl sites for hydroxylation is 2. The first-order valence-corrected chi connectivity index (χ1v) is 11.5. The maximum absolute atomic E-state index is 11.5. The molecule has 0 saturated heterocycles. The van der Waals surface area contributed by atoms with Gasteiger partial charge in [0, 0.05) is 9.75 Å². The second kappa shape index (κ2) is 9.15. The van der Waals surface area contributed by atoms with Crippen LogP contribution < -0.4 is 0 Å². The van der Waals surface area contributed by atoms with E-state index < -0.39 is 0 Å². The third-order valence-corrected chi connectivity index (χ3v) is 7.06. The van der Waals surface area contributed by atoms with E-state index in [2.05, 4.69) is 25.9 Å². The van der Waals surface area contributed by atoms with Crippen molar-refractivity contribution in [3.8, 4) is 0 Å². The van der Waals surface area contributed by atoms with Crippen LogP contribution in [0.5, 0.6) is 0 Å². The fourth-order valence-electron chi connectivity index (χ4n) is 2.79. The van der Waals surface area contributed by atoms with Crippen molar-refractivity contribution in [1.82, 2.24) is 9.97 Å². The lowest BCUT2D eigenvalue weighted by atomic mass is 10.4. The van der Waals surface area contributed by atoms with Gasteiger partial charge in [-0.05, 0) is 61.8 Å². The second-order valence-corrected chi connectivity index (χ2v) is 9.51. The third-order valence-electron chi connectivity index (χ3n) is 3.94. The van der Waals surface area contributed by atoms with E-state index in [0.29, 0.717) is 24.6 Å². The smallest absolute Gasteiger partial charge is 0.355 e. The van der Waals surface area contributed by atoms with Crippen molar-refractivity contribution in [1.29, 1.82) is 0 Å². The number of hydrogen-bond donors (Lipinski definition) is 2. The van der Waals surface area contributed by atoms with Gasteiger partial charge in [0.25, 0.3) is 0 Å². The number of hydrogen-bond acceptors (Lipinski definition) is 6. The van der Waals surface area contributed by atoms with Crippen molar-refractivity contribution in [2.75, 3.05) is 13.2 Å². The molecule has 29 heavy (non-hydrogen) atoms. The molecule has 9 heteroatoms. The number of halogens is 1. The lowest BCUT2D eigenvalue weighted by Gasteiger charge is -1.98. The second-order valence-electron chi connectivity index (χ2n) is 6.17. The Morgan fingerprint density at radius 3 is 2.17 bits per heavy atom. The molecule has 0 spiro atoms. The van der Waals surface area contributed by atoms with E-state index in [1.54, 1.807) is 36.5 Å². The highest BCUT2D eigenvalue weighted by molar-refractivity contribution is 9.10. The van der Waals surface area contributed by atoms with Gasteiger partial charge in [-0.15, -0.1) is 22.7 Å². The Morgan fingerprint density at radius 1 is 0.931 bits per heavy atom. The topological polar surface area (TPSA) is 84.2 Å². The number of nitrogens with one attached hydrogen (secondary N) is 2. The molecule has 4 rings (SSSR count). The summed E-state index contributed by atoms with van der Waals surface area (Å²) in [4.78, 5) is 31.4. The molecule has 0 atom stereocenters. The maximum Gasteiger partial charge on any atom is 0.355 e. The first kappa shape index (κ1) is 21.6. The molecule has 0 aliphatic rings. The van der Waals surface area contributed by atoms with Crippen LogP contribution in [0.25, 0.3) is 20.4 Å². The van der Waals surface area contributed by atoms with Gasteiger partial charge >= 0.3 is 11.9 Å². The molecular weight excluding hydrogens is 476 g/mol. The zero-order chi connectivity index (χ0) is 21.1. The van der Waals surface area contributed by atoms with E-state index in [9.17, 15) is 9.59 Å². The van der Waals surface area contributed by atoms with Crippen LogP contribution in [0.1, 0.15) is 44.6 Å². The number of rotatable bonds is 4. The number of fused-ring (bicyclic) bond motifs is 2. The first-order valence-electron chi connectivity index (χ1n) is 9.05. The summed E-state index contributed by atoms with van der Waals surface area (Å²) in [6.45, 7) is 8.47. The number of H-pyrrole nitrogens is 2. The molecule has 0 amide bonds. The minimum Gasteiger partial charge on any atom is -0.461 e. The van der Waals surface area contributed by atoms with Gasteiger partial charge in [0.15, 0.2) is 0 Å². The van der Waals surface area contributed by atoms with Crippen LogP contribution in [0.15, 0.2) is 22.7 Å². The molecule has 4 heterocycles. The molecule has 0 aromatic carbocycles. The van der Waals surface area contributed by atoms with E-state index in [-0.39, 0.29) is 11.9 Å². The minimum absolute atomic E-state index is 0.284. The molecule has 6 nitrogen and oxygen atoms in total. The normalized spacial score (nSPS) is 10.8. The van der Waals surface area contributed by atoms with Crippen molar-refractivity contribution >= 4 is 71.0 Å². The van der Waals surface area contributed by atoms with E-state index >= 15 is 0 Å². The molecule has 0 unspecified atom stereocenters. The Labute approximate surface area is 184 Å². The minimum atomic E-state index is -0.314. The fraction of sp³-hybridized carbons (Fsp3) is 0.300. The summed E-state index contributed by atoms with van der Waals surface area (Å²) in [5.41, 5.74) is 3.02. The Balaban J connectivity index is 0.000000166. The van der Waals surface area contributed by atoms with Crippen molar-refractivity contribution in [3.63, 3.8) is 0 Å². The Kier molecular flexibility index (Phi) is 6.81.